The summed E-state index contributed by atoms with van der Waals surface area (Å²) >= 11 is 0. The third-order valence-corrected chi connectivity index (χ3v) is 6.08. The Hall–Kier alpha value is -3.81. The fourth-order valence-electron chi connectivity index (χ4n) is 4.29. The van der Waals surface area contributed by atoms with Crippen LogP contribution in [0.5, 0.6) is 0 Å². The van der Waals surface area contributed by atoms with E-state index in [2.05, 4.69) is 5.10 Å². The van der Waals surface area contributed by atoms with Crippen molar-refractivity contribution in [2.24, 2.45) is 5.10 Å². The van der Waals surface area contributed by atoms with Crippen LogP contribution in [0.25, 0.3) is 11.0 Å². The maximum Gasteiger partial charge on any atom is 0.243 e. The number of anilines is 2. The van der Waals surface area contributed by atoms with Crippen LogP contribution in [0.15, 0.2) is 59.7 Å². The van der Waals surface area contributed by atoms with Crippen LogP contribution in [-0.4, -0.2) is 59.2 Å². The Kier molecular flexibility index (Phi) is 5.73. The summed E-state index contributed by atoms with van der Waals surface area (Å²) in [7, 11) is 1.97. The van der Waals surface area contributed by atoms with Gasteiger partial charge in [0.15, 0.2) is 11.6 Å². The normalized spacial score (nSPS) is 15.9. The van der Waals surface area contributed by atoms with E-state index in [1.807, 2.05) is 66.5 Å². The maximum absolute atomic E-state index is 13.2. The summed E-state index contributed by atoms with van der Waals surface area (Å²) in [4.78, 5) is 39.2. The van der Waals surface area contributed by atoms with Crippen LogP contribution < -0.4 is 9.80 Å². The van der Waals surface area contributed by atoms with Gasteiger partial charge in [-0.15, -0.1) is 0 Å². The summed E-state index contributed by atoms with van der Waals surface area (Å²) in [5, 5.41) is 5.98. The molecule has 8 nitrogen and oxygen atoms in total. The first kappa shape index (κ1) is 21.1. The zero-order valence-corrected chi connectivity index (χ0v) is 18.6. The van der Waals surface area contributed by atoms with Gasteiger partial charge in [0.1, 0.15) is 0 Å². The Morgan fingerprint density at radius 1 is 0.818 bits per heavy atom. The van der Waals surface area contributed by atoms with Crippen LogP contribution in [0.2, 0.25) is 0 Å². The number of amides is 2. The van der Waals surface area contributed by atoms with Gasteiger partial charge < -0.3 is 4.90 Å². The lowest BCUT2D eigenvalue weighted by atomic mass is 10.1. The molecule has 0 atom stereocenters. The van der Waals surface area contributed by atoms with E-state index in [-0.39, 0.29) is 24.7 Å². The number of rotatable bonds is 4. The molecule has 0 unspecified atom stereocenters. The Morgan fingerprint density at radius 3 is 2.24 bits per heavy atom. The molecule has 168 valence electrons. The lowest BCUT2D eigenvalue weighted by molar-refractivity contribution is -0.132. The number of carbonyl (C=O) groups is 2. The molecule has 0 spiro atoms. The first-order valence-electron chi connectivity index (χ1n) is 11.3. The zero-order valence-electron chi connectivity index (χ0n) is 18.6. The van der Waals surface area contributed by atoms with Crippen LogP contribution in [0.3, 0.4) is 0 Å². The van der Waals surface area contributed by atoms with Gasteiger partial charge in [-0.2, -0.15) is 5.10 Å². The molecule has 0 aliphatic carbocycles. The molecule has 5 rings (SSSR count). The second-order valence-corrected chi connectivity index (χ2v) is 8.36. The van der Waals surface area contributed by atoms with E-state index in [9.17, 15) is 9.59 Å². The van der Waals surface area contributed by atoms with Gasteiger partial charge in [0.2, 0.25) is 11.8 Å². The summed E-state index contributed by atoms with van der Waals surface area (Å²) in [5.41, 5.74) is 3.48. The number of hydrogen-bond donors (Lipinski definition) is 0. The highest BCUT2D eigenvalue weighted by atomic mass is 16.2. The summed E-state index contributed by atoms with van der Waals surface area (Å²) < 4.78 is 0. The molecule has 2 aliphatic rings. The topological polar surface area (TPSA) is 82.0 Å². The Bertz CT molecular complexity index is 1230. The number of benzene rings is 2. The van der Waals surface area contributed by atoms with Crippen LogP contribution in [-0.2, 0) is 9.59 Å². The molecule has 0 N–H and O–H groups in total. The SMILES string of the molecule is CN1CCCN(C(=O)CCC(=O)N2CCC(c3ccccc3)=N2)c2nc3ccccc3nc21. The molecule has 0 saturated heterocycles. The van der Waals surface area contributed by atoms with E-state index in [0.717, 1.165) is 41.7 Å². The van der Waals surface area contributed by atoms with Crippen LogP contribution >= 0.6 is 0 Å². The minimum absolute atomic E-state index is 0.114. The fraction of sp³-hybridized carbons (Fsp3) is 0.320. The van der Waals surface area contributed by atoms with Gasteiger partial charge in [-0.1, -0.05) is 42.5 Å². The number of fused-ring (bicyclic) bond motifs is 2. The lowest BCUT2D eigenvalue weighted by Crippen LogP contribution is -2.33. The zero-order chi connectivity index (χ0) is 22.8. The minimum Gasteiger partial charge on any atom is -0.357 e. The second kappa shape index (κ2) is 8.97. The molecule has 8 heteroatoms. The molecule has 0 saturated carbocycles. The molecule has 33 heavy (non-hydrogen) atoms. The van der Waals surface area contributed by atoms with Crippen molar-refractivity contribution in [2.75, 3.05) is 36.5 Å². The van der Waals surface area contributed by atoms with Crippen molar-refractivity contribution < 1.29 is 9.59 Å². The predicted molar refractivity (Wildman–Crippen MR) is 128 cm³/mol. The average molecular weight is 443 g/mol. The minimum atomic E-state index is -0.133. The van der Waals surface area contributed by atoms with Gasteiger partial charge in [0.05, 0.1) is 23.3 Å². The Balaban J connectivity index is 1.30. The van der Waals surface area contributed by atoms with E-state index >= 15 is 0 Å². The van der Waals surface area contributed by atoms with E-state index in [0.29, 0.717) is 24.7 Å². The first-order valence-corrected chi connectivity index (χ1v) is 11.3. The van der Waals surface area contributed by atoms with Crippen molar-refractivity contribution in [3.05, 3.63) is 60.2 Å². The highest BCUT2D eigenvalue weighted by Crippen LogP contribution is 2.30. The van der Waals surface area contributed by atoms with E-state index in [1.54, 1.807) is 4.90 Å². The number of para-hydroxylation sites is 2. The van der Waals surface area contributed by atoms with E-state index in [1.165, 1.54) is 5.01 Å². The number of carbonyl (C=O) groups excluding carboxylic acids is 2. The summed E-state index contributed by atoms with van der Waals surface area (Å²) in [6.07, 6.45) is 1.76. The van der Waals surface area contributed by atoms with Crippen molar-refractivity contribution in [2.45, 2.75) is 25.7 Å². The molecule has 3 heterocycles. The number of hydrazone groups is 1. The Morgan fingerprint density at radius 2 is 1.48 bits per heavy atom. The smallest absolute Gasteiger partial charge is 0.243 e. The summed E-state index contributed by atoms with van der Waals surface area (Å²) in [6.45, 7) is 1.89. The Labute approximate surface area is 192 Å². The molecule has 0 radical (unpaired) electrons. The van der Waals surface area contributed by atoms with E-state index in [4.69, 9.17) is 9.97 Å². The highest BCUT2D eigenvalue weighted by Gasteiger charge is 2.28. The molecule has 3 aromatic rings. The molecule has 0 fully saturated rings. The molecule has 2 aromatic carbocycles. The van der Waals surface area contributed by atoms with Crippen LogP contribution in [0.4, 0.5) is 11.6 Å². The summed E-state index contributed by atoms with van der Waals surface area (Å²) in [5.74, 6) is 1.02. The van der Waals surface area contributed by atoms with Crippen LogP contribution in [0.1, 0.15) is 31.2 Å². The first-order chi connectivity index (χ1) is 16.1. The molecular weight excluding hydrogens is 416 g/mol. The average Bonchev–Trinajstić information content (AvgIpc) is 3.29. The number of aromatic nitrogens is 2. The largest absolute Gasteiger partial charge is 0.357 e. The van der Waals surface area contributed by atoms with Crippen LogP contribution in [0, 0.1) is 0 Å². The number of hydrogen-bond acceptors (Lipinski definition) is 6. The van der Waals surface area contributed by atoms with Crippen molar-refractivity contribution in [1.29, 1.82) is 0 Å². The standard InChI is InChI=1S/C25H26N6O2/c1-29-15-7-16-30(25-24(29)26-20-10-5-6-11-21(20)27-25)22(32)12-13-23(33)31-17-14-19(28-31)18-8-3-2-4-9-18/h2-6,8-11H,7,12-17H2,1H3. The third-order valence-electron chi connectivity index (χ3n) is 6.08. The molecule has 1 aromatic heterocycles. The van der Waals surface area contributed by atoms with Gasteiger partial charge in [0.25, 0.3) is 0 Å². The lowest BCUT2D eigenvalue weighted by Gasteiger charge is -2.23. The van der Waals surface area contributed by atoms with Gasteiger partial charge in [0, 0.05) is 39.4 Å². The fourth-order valence-corrected chi connectivity index (χ4v) is 4.29. The summed E-state index contributed by atoms with van der Waals surface area (Å²) in [6, 6.07) is 17.5. The molecule has 2 amide bonds. The van der Waals surface area contributed by atoms with Crippen molar-refractivity contribution in [1.82, 2.24) is 15.0 Å². The van der Waals surface area contributed by atoms with Crippen molar-refractivity contribution in [3.8, 4) is 0 Å². The third kappa shape index (κ3) is 4.28. The van der Waals surface area contributed by atoms with Gasteiger partial charge in [-0.3, -0.25) is 14.5 Å². The predicted octanol–water partition coefficient (Wildman–Crippen LogP) is 3.22. The van der Waals surface area contributed by atoms with Crippen molar-refractivity contribution in [3.63, 3.8) is 0 Å². The second-order valence-electron chi connectivity index (χ2n) is 8.36. The highest BCUT2D eigenvalue weighted by molar-refractivity contribution is 6.03. The maximum atomic E-state index is 13.2. The molecule has 0 bridgehead atoms. The molecular formula is C25H26N6O2. The van der Waals surface area contributed by atoms with Crippen molar-refractivity contribution >= 4 is 40.2 Å². The molecule has 2 aliphatic heterocycles. The monoisotopic (exact) mass is 442 g/mol. The van der Waals surface area contributed by atoms with Gasteiger partial charge in [-0.25, -0.2) is 15.0 Å². The van der Waals surface area contributed by atoms with E-state index < -0.39 is 0 Å². The number of nitrogens with zero attached hydrogens (tertiary/aromatic N) is 6. The quantitative estimate of drug-likeness (QED) is 0.620. The van der Waals surface area contributed by atoms with Gasteiger partial charge >= 0.3 is 0 Å². The van der Waals surface area contributed by atoms with Gasteiger partial charge in [-0.05, 0) is 24.1 Å².